The molecule has 0 aliphatic heterocycles. The quantitative estimate of drug-likeness (QED) is 0.140. The van der Waals surface area contributed by atoms with Crippen LogP contribution in [-0.2, 0) is 9.59 Å². The Kier molecular flexibility index (Phi) is 15.1. The van der Waals surface area contributed by atoms with Crippen molar-refractivity contribution in [1.82, 2.24) is 10.9 Å². The summed E-state index contributed by atoms with van der Waals surface area (Å²) in [6, 6.07) is 7.02. The van der Waals surface area contributed by atoms with Crippen LogP contribution in [0, 0.1) is 0 Å². The van der Waals surface area contributed by atoms with E-state index in [9.17, 15) is 9.59 Å². The number of hydrogen-bond donors (Lipinski definition) is 2. The Morgan fingerprint density at radius 1 is 0.548 bits per heavy atom. The maximum absolute atomic E-state index is 12.1. The number of nitrogens with zero attached hydrogens (tertiary/aromatic N) is 2. The molecule has 0 saturated heterocycles. The minimum absolute atomic E-state index is 0.159. The van der Waals surface area contributed by atoms with Crippen molar-refractivity contribution < 1.29 is 38.0 Å². The molecular weight excluding hydrogens is 544 g/mol. The minimum Gasteiger partial charge on any atom is -0.493 e. The average Bonchev–Trinajstić information content (AvgIpc) is 3.01. The number of hydrogen-bond acceptors (Lipinski definition) is 10. The van der Waals surface area contributed by atoms with Crippen LogP contribution in [0.5, 0.6) is 34.5 Å². The van der Waals surface area contributed by atoms with Gasteiger partial charge >= 0.3 is 0 Å². The highest BCUT2D eigenvalue weighted by atomic mass is 16.5. The number of hydrazone groups is 2. The Bertz CT molecular complexity index is 1120. The summed E-state index contributed by atoms with van der Waals surface area (Å²) in [5.74, 6) is 2.61. The van der Waals surface area contributed by atoms with Crippen molar-refractivity contribution in [3.05, 3.63) is 35.4 Å². The van der Waals surface area contributed by atoms with E-state index in [-0.39, 0.29) is 11.8 Å². The first-order valence-corrected chi connectivity index (χ1v) is 13.7. The third-order valence-corrected chi connectivity index (χ3v) is 6.31. The van der Waals surface area contributed by atoms with E-state index in [0.29, 0.717) is 58.5 Å². The molecule has 2 aromatic carbocycles. The molecule has 0 aromatic heterocycles. The zero-order valence-corrected chi connectivity index (χ0v) is 25.3. The highest BCUT2D eigenvalue weighted by Crippen LogP contribution is 2.39. The van der Waals surface area contributed by atoms with Gasteiger partial charge < -0.3 is 28.4 Å². The van der Waals surface area contributed by atoms with E-state index in [2.05, 4.69) is 21.1 Å². The van der Waals surface area contributed by atoms with Crippen LogP contribution >= 0.6 is 0 Å². The third-order valence-electron chi connectivity index (χ3n) is 6.31. The van der Waals surface area contributed by atoms with Gasteiger partial charge in [-0.1, -0.05) is 25.7 Å². The Morgan fingerprint density at radius 2 is 0.905 bits per heavy atom. The van der Waals surface area contributed by atoms with Crippen molar-refractivity contribution in [3.8, 4) is 34.5 Å². The summed E-state index contributed by atoms with van der Waals surface area (Å²) < 4.78 is 32.1. The van der Waals surface area contributed by atoms with Crippen LogP contribution in [0.4, 0.5) is 0 Å². The molecule has 0 spiro atoms. The third kappa shape index (κ3) is 10.2. The second-order valence-corrected chi connectivity index (χ2v) is 9.05. The van der Waals surface area contributed by atoms with E-state index in [4.69, 9.17) is 28.4 Å². The largest absolute Gasteiger partial charge is 0.493 e. The molecule has 0 aliphatic carbocycles. The van der Waals surface area contributed by atoms with Gasteiger partial charge in [-0.25, -0.2) is 10.9 Å². The van der Waals surface area contributed by atoms with Crippen molar-refractivity contribution >= 4 is 24.2 Å². The molecule has 2 aromatic rings. The van der Waals surface area contributed by atoms with Gasteiger partial charge in [0.15, 0.2) is 23.0 Å². The summed E-state index contributed by atoms with van der Waals surface area (Å²) in [6.45, 7) is 0. The Balaban J connectivity index is 1.61. The van der Waals surface area contributed by atoms with Crippen molar-refractivity contribution in [2.45, 2.75) is 51.4 Å². The van der Waals surface area contributed by atoms with Gasteiger partial charge in [0, 0.05) is 24.0 Å². The molecule has 2 rings (SSSR count). The predicted octanol–water partition coefficient (Wildman–Crippen LogP) is 4.46. The SMILES string of the molecule is COc1ccc(/C=N/NC(=O)CCCCCCCCC(=O)N/N=C/c2ccc(OC)c(OC)c2OC)c(OC)c1OC. The van der Waals surface area contributed by atoms with Crippen molar-refractivity contribution in [2.24, 2.45) is 10.2 Å². The fraction of sp³-hybridized carbons (Fsp3) is 0.467. The second-order valence-electron chi connectivity index (χ2n) is 9.05. The summed E-state index contributed by atoms with van der Waals surface area (Å²) >= 11 is 0. The normalized spacial score (nSPS) is 10.9. The number of ether oxygens (including phenoxy) is 6. The topological polar surface area (TPSA) is 138 Å². The molecule has 0 aliphatic rings. The van der Waals surface area contributed by atoms with Gasteiger partial charge in [0.1, 0.15) is 0 Å². The van der Waals surface area contributed by atoms with Crippen molar-refractivity contribution in [1.29, 1.82) is 0 Å². The van der Waals surface area contributed by atoms with E-state index in [1.807, 2.05) is 0 Å². The summed E-state index contributed by atoms with van der Waals surface area (Å²) in [6.07, 6.45) is 9.11. The lowest BCUT2D eigenvalue weighted by atomic mass is 10.1. The number of carbonyl (C=O) groups excluding carboxylic acids is 2. The van der Waals surface area contributed by atoms with Crippen LogP contribution in [0.3, 0.4) is 0 Å². The molecule has 0 unspecified atom stereocenters. The number of benzene rings is 2. The Labute approximate surface area is 247 Å². The molecule has 0 fully saturated rings. The maximum Gasteiger partial charge on any atom is 0.240 e. The number of rotatable bonds is 19. The highest BCUT2D eigenvalue weighted by Gasteiger charge is 2.15. The van der Waals surface area contributed by atoms with Gasteiger partial charge in [-0.2, -0.15) is 10.2 Å². The molecule has 0 bridgehead atoms. The van der Waals surface area contributed by atoms with Crippen LogP contribution in [-0.4, -0.2) is 66.9 Å². The lowest BCUT2D eigenvalue weighted by Crippen LogP contribution is -2.17. The van der Waals surface area contributed by atoms with Crippen molar-refractivity contribution in [3.63, 3.8) is 0 Å². The molecule has 42 heavy (non-hydrogen) atoms. The summed E-state index contributed by atoms with van der Waals surface area (Å²) in [5.41, 5.74) is 6.38. The summed E-state index contributed by atoms with van der Waals surface area (Å²) in [7, 11) is 9.19. The molecule has 12 heteroatoms. The summed E-state index contributed by atoms with van der Waals surface area (Å²) in [5, 5.41) is 8.07. The molecule has 0 atom stereocenters. The van der Waals surface area contributed by atoms with Gasteiger partial charge in [0.2, 0.25) is 23.3 Å². The van der Waals surface area contributed by atoms with Crippen LogP contribution in [0.2, 0.25) is 0 Å². The van der Waals surface area contributed by atoms with Crippen molar-refractivity contribution in [2.75, 3.05) is 42.7 Å². The summed E-state index contributed by atoms with van der Waals surface area (Å²) in [4.78, 5) is 24.2. The zero-order chi connectivity index (χ0) is 30.7. The fourth-order valence-corrected chi connectivity index (χ4v) is 4.19. The number of methoxy groups -OCH3 is 6. The van der Waals surface area contributed by atoms with E-state index < -0.39 is 0 Å². The number of nitrogens with one attached hydrogen (secondary N) is 2. The number of amides is 2. The van der Waals surface area contributed by atoms with E-state index in [0.717, 1.165) is 38.5 Å². The highest BCUT2D eigenvalue weighted by molar-refractivity contribution is 5.88. The molecule has 0 saturated carbocycles. The monoisotopic (exact) mass is 586 g/mol. The molecule has 0 heterocycles. The zero-order valence-electron chi connectivity index (χ0n) is 25.3. The van der Waals surface area contributed by atoms with Gasteiger partial charge in [-0.05, 0) is 37.1 Å². The average molecular weight is 587 g/mol. The van der Waals surface area contributed by atoms with Gasteiger partial charge in [0.05, 0.1) is 55.1 Å². The van der Waals surface area contributed by atoms with Crippen LogP contribution in [0.1, 0.15) is 62.5 Å². The first-order valence-electron chi connectivity index (χ1n) is 13.7. The van der Waals surface area contributed by atoms with Crippen LogP contribution < -0.4 is 39.3 Å². The fourth-order valence-electron chi connectivity index (χ4n) is 4.19. The molecular formula is C30H42N4O8. The smallest absolute Gasteiger partial charge is 0.240 e. The molecule has 230 valence electrons. The van der Waals surface area contributed by atoms with Crippen LogP contribution in [0.25, 0.3) is 0 Å². The number of carbonyl (C=O) groups is 2. The molecule has 2 amide bonds. The molecule has 0 radical (unpaired) electrons. The lowest BCUT2D eigenvalue weighted by molar-refractivity contribution is -0.122. The van der Waals surface area contributed by atoms with E-state index >= 15 is 0 Å². The second kappa shape index (κ2) is 18.8. The van der Waals surface area contributed by atoms with Gasteiger partial charge in [0.25, 0.3) is 0 Å². The predicted molar refractivity (Wildman–Crippen MR) is 161 cm³/mol. The Morgan fingerprint density at radius 3 is 1.24 bits per heavy atom. The molecule has 12 nitrogen and oxygen atoms in total. The lowest BCUT2D eigenvalue weighted by Gasteiger charge is -2.13. The van der Waals surface area contributed by atoms with Gasteiger partial charge in [-0.3, -0.25) is 9.59 Å². The van der Waals surface area contributed by atoms with E-state index in [1.54, 1.807) is 38.5 Å². The minimum atomic E-state index is -0.159. The molecule has 2 N–H and O–H groups in total. The van der Waals surface area contributed by atoms with Gasteiger partial charge in [-0.15, -0.1) is 0 Å². The maximum atomic E-state index is 12.1. The first kappa shape index (κ1) is 33.7. The van der Waals surface area contributed by atoms with E-state index in [1.165, 1.54) is 40.9 Å². The van der Waals surface area contributed by atoms with Crippen LogP contribution in [0.15, 0.2) is 34.5 Å². The standard InChI is InChI=1S/C30H42N4O8/c1-37-23-17-15-21(27(39-3)29(23)41-5)19-31-33-25(35)13-11-9-7-8-10-12-14-26(36)34-32-20-22-16-18-24(38-2)30(42-6)28(22)40-4/h15-20H,7-14H2,1-6H3,(H,33,35)(H,34,36)/b31-19+,32-20+. The number of unbranched alkanes of at least 4 members (excludes halogenated alkanes) is 5. The first-order chi connectivity index (χ1) is 20.4. The Hall–Kier alpha value is -4.48.